The molecule has 6 nitrogen and oxygen atoms in total. The van der Waals surface area contributed by atoms with Crippen LogP contribution in [0.25, 0.3) is 0 Å². The summed E-state index contributed by atoms with van der Waals surface area (Å²) < 4.78 is 0. The van der Waals surface area contributed by atoms with E-state index in [0.29, 0.717) is 17.9 Å². The molecule has 0 saturated carbocycles. The van der Waals surface area contributed by atoms with Gasteiger partial charge in [0.05, 0.1) is 0 Å². The van der Waals surface area contributed by atoms with E-state index in [1.165, 1.54) is 35.8 Å². The van der Waals surface area contributed by atoms with E-state index in [-0.39, 0.29) is 5.75 Å². The minimum atomic E-state index is -1.05. The molecular formula is C13H18N2O4S. The number of aliphatic carboxylic acids is 1. The van der Waals surface area contributed by atoms with Gasteiger partial charge in [-0.1, -0.05) is 0 Å². The van der Waals surface area contributed by atoms with E-state index in [2.05, 4.69) is 5.32 Å². The lowest BCUT2D eigenvalue weighted by atomic mass is 10.2. The number of phenolic OH excluding ortho intramolecular Hbond substituents is 1. The fraction of sp³-hybridized carbons (Fsp3) is 0.385. The van der Waals surface area contributed by atoms with E-state index in [4.69, 9.17) is 5.11 Å². The van der Waals surface area contributed by atoms with Crippen LogP contribution in [0.15, 0.2) is 24.3 Å². The van der Waals surface area contributed by atoms with Crippen molar-refractivity contribution < 1.29 is 19.8 Å². The van der Waals surface area contributed by atoms with Gasteiger partial charge in [0, 0.05) is 12.7 Å². The number of phenols is 1. The maximum atomic E-state index is 12.0. The fourth-order valence-corrected chi connectivity index (χ4v) is 2.00. The number of aromatic hydroxyl groups is 1. The number of amides is 2. The third-order valence-electron chi connectivity index (χ3n) is 2.75. The Kier molecular flexibility index (Phi) is 6.17. The Morgan fingerprint density at radius 2 is 1.95 bits per heavy atom. The molecular weight excluding hydrogens is 280 g/mol. The van der Waals surface area contributed by atoms with Crippen LogP contribution >= 0.6 is 11.8 Å². The second-order valence-electron chi connectivity index (χ2n) is 4.20. The Morgan fingerprint density at radius 3 is 2.45 bits per heavy atom. The third kappa shape index (κ3) is 4.65. The van der Waals surface area contributed by atoms with Crippen LogP contribution in [0.3, 0.4) is 0 Å². The predicted octanol–water partition coefficient (Wildman–Crippen LogP) is 1.74. The van der Waals surface area contributed by atoms with Gasteiger partial charge >= 0.3 is 12.0 Å². The summed E-state index contributed by atoms with van der Waals surface area (Å²) in [7, 11) is 1.54. The first-order chi connectivity index (χ1) is 9.45. The molecule has 0 aliphatic carbocycles. The molecule has 0 unspecified atom stereocenters. The molecule has 0 aliphatic rings. The number of hydrogen-bond donors (Lipinski definition) is 3. The molecule has 7 heteroatoms. The van der Waals surface area contributed by atoms with Gasteiger partial charge in [-0.25, -0.2) is 9.59 Å². The van der Waals surface area contributed by atoms with Crippen LogP contribution in [0, 0.1) is 0 Å². The third-order valence-corrected chi connectivity index (χ3v) is 3.39. The topological polar surface area (TPSA) is 89.9 Å². The summed E-state index contributed by atoms with van der Waals surface area (Å²) >= 11 is 1.52. The standard InChI is InChI=1S/C13H18N2O4S/c1-15(9-3-5-10(16)6-4-9)13(19)14-11(12(17)18)7-8-20-2/h3-6,11,16H,7-8H2,1-2H3,(H,14,19)(H,17,18)/t11-/m0/s1. The molecule has 3 N–H and O–H groups in total. The zero-order valence-electron chi connectivity index (χ0n) is 11.4. The fourth-order valence-electron chi connectivity index (χ4n) is 1.53. The first-order valence-electron chi connectivity index (χ1n) is 6.00. The van der Waals surface area contributed by atoms with Crippen molar-refractivity contribution in [2.75, 3.05) is 24.0 Å². The van der Waals surface area contributed by atoms with Crippen molar-refractivity contribution >= 4 is 29.4 Å². The van der Waals surface area contributed by atoms with Crippen molar-refractivity contribution in [1.82, 2.24) is 5.32 Å². The summed E-state index contributed by atoms with van der Waals surface area (Å²) in [5.74, 6) is -0.294. The van der Waals surface area contributed by atoms with Gasteiger partial charge in [-0.2, -0.15) is 11.8 Å². The number of hydrogen-bond acceptors (Lipinski definition) is 4. The molecule has 0 heterocycles. The van der Waals surface area contributed by atoms with Crippen molar-refractivity contribution in [2.24, 2.45) is 0 Å². The molecule has 110 valence electrons. The van der Waals surface area contributed by atoms with E-state index in [0.717, 1.165) is 0 Å². The highest BCUT2D eigenvalue weighted by molar-refractivity contribution is 7.98. The lowest BCUT2D eigenvalue weighted by Crippen LogP contribution is -2.47. The summed E-state index contributed by atoms with van der Waals surface area (Å²) in [6.07, 6.45) is 2.24. The average Bonchev–Trinajstić information content (AvgIpc) is 2.42. The van der Waals surface area contributed by atoms with Crippen LogP contribution in [-0.2, 0) is 4.79 Å². The number of anilines is 1. The first kappa shape index (κ1) is 16.2. The molecule has 1 atom stereocenters. The van der Waals surface area contributed by atoms with Gasteiger partial charge in [0.25, 0.3) is 0 Å². The molecule has 0 radical (unpaired) electrons. The van der Waals surface area contributed by atoms with E-state index in [1.54, 1.807) is 12.1 Å². The molecule has 0 spiro atoms. The largest absolute Gasteiger partial charge is 0.508 e. The highest BCUT2D eigenvalue weighted by Crippen LogP contribution is 2.17. The smallest absolute Gasteiger partial charge is 0.326 e. The number of urea groups is 1. The molecule has 0 saturated heterocycles. The molecule has 1 rings (SSSR count). The lowest BCUT2D eigenvalue weighted by Gasteiger charge is -2.21. The van der Waals surface area contributed by atoms with Gasteiger partial charge in [0.15, 0.2) is 0 Å². The maximum Gasteiger partial charge on any atom is 0.326 e. The number of thioether (sulfide) groups is 1. The minimum absolute atomic E-state index is 0.103. The molecule has 1 aromatic rings. The molecule has 0 aromatic heterocycles. The summed E-state index contributed by atoms with van der Waals surface area (Å²) in [5.41, 5.74) is 0.564. The first-order valence-corrected chi connectivity index (χ1v) is 7.40. The van der Waals surface area contributed by atoms with Crippen molar-refractivity contribution in [2.45, 2.75) is 12.5 Å². The molecule has 0 bridgehead atoms. The average molecular weight is 298 g/mol. The van der Waals surface area contributed by atoms with Crippen LogP contribution in [-0.4, -0.2) is 47.3 Å². The van der Waals surface area contributed by atoms with E-state index in [9.17, 15) is 14.7 Å². The number of carbonyl (C=O) groups is 2. The van der Waals surface area contributed by atoms with Gasteiger partial charge in [0.1, 0.15) is 11.8 Å². The quantitative estimate of drug-likeness (QED) is 0.744. The highest BCUT2D eigenvalue weighted by Gasteiger charge is 2.21. The minimum Gasteiger partial charge on any atom is -0.508 e. The molecule has 20 heavy (non-hydrogen) atoms. The van der Waals surface area contributed by atoms with Crippen LogP contribution in [0.2, 0.25) is 0 Å². The summed E-state index contributed by atoms with van der Waals surface area (Å²) in [6, 6.07) is 4.67. The number of nitrogens with one attached hydrogen (secondary N) is 1. The van der Waals surface area contributed by atoms with E-state index >= 15 is 0 Å². The Balaban J connectivity index is 2.68. The number of carboxylic acid groups (broad SMARTS) is 1. The van der Waals surface area contributed by atoms with E-state index in [1.807, 2.05) is 6.26 Å². The molecule has 0 fully saturated rings. The Labute approximate surface area is 121 Å². The highest BCUT2D eigenvalue weighted by atomic mass is 32.2. The van der Waals surface area contributed by atoms with Crippen LogP contribution in [0.4, 0.5) is 10.5 Å². The monoisotopic (exact) mass is 298 g/mol. The summed E-state index contributed by atoms with van der Waals surface area (Å²) in [6.45, 7) is 0. The molecule has 2 amide bonds. The van der Waals surface area contributed by atoms with Crippen LogP contribution in [0.5, 0.6) is 5.75 Å². The Hall–Kier alpha value is -1.89. The summed E-state index contributed by atoms with van der Waals surface area (Å²) in [4.78, 5) is 24.4. The number of benzene rings is 1. The predicted molar refractivity (Wildman–Crippen MR) is 79.5 cm³/mol. The van der Waals surface area contributed by atoms with Crippen molar-refractivity contribution in [3.05, 3.63) is 24.3 Å². The van der Waals surface area contributed by atoms with Gasteiger partial charge < -0.3 is 15.5 Å². The van der Waals surface area contributed by atoms with Crippen LogP contribution < -0.4 is 10.2 Å². The van der Waals surface area contributed by atoms with Gasteiger partial charge in [-0.15, -0.1) is 0 Å². The lowest BCUT2D eigenvalue weighted by molar-refractivity contribution is -0.139. The molecule has 1 aromatic carbocycles. The second-order valence-corrected chi connectivity index (χ2v) is 5.18. The van der Waals surface area contributed by atoms with E-state index < -0.39 is 18.0 Å². The SMILES string of the molecule is CSCC[C@H](NC(=O)N(C)c1ccc(O)cc1)C(=O)O. The number of nitrogens with zero attached hydrogens (tertiary/aromatic N) is 1. The van der Waals surface area contributed by atoms with Gasteiger partial charge in [-0.3, -0.25) is 4.90 Å². The van der Waals surface area contributed by atoms with Crippen LogP contribution in [0.1, 0.15) is 6.42 Å². The Morgan fingerprint density at radius 1 is 1.35 bits per heavy atom. The number of rotatable bonds is 6. The van der Waals surface area contributed by atoms with Crippen molar-refractivity contribution in [3.63, 3.8) is 0 Å². The van der Waals surface area contributed by atoms with Crippen molar-refractivity contribution in [1.29, 1.82) is 0 Å². The van der Waals surface area contributed by atoms with Gasteiger partial charge in [-0.05, 0) is 42.7 Å². The Bertz CT molecular complexity index is 464. The molecule has 0 aliphatic heterocycles. The second kappa shape index (κ2) is 7.64. The zero-order valence-corrected chi connectivity index (χ0v) is 12.2. The normalized spacial score (nSPS) is 11.7. The number of carboxylic acids is 1. The maximum absolute atomic E-state index is 12.0. The van der Waals surface area contributed by atoms with Gasteiger partial charge in [0.2, 0.25) is 0 Å². The zero-order chi connectivity index (χ0) is 15.1. The van der Waals surface area contributed by atoms with Crippen molar-refractivity contribution in [3.8, 4) is 5.75 Å². The number of carbonyl (C=O) groups excluding carboxylic acids is 1. The summed E-state index contributed by atoms with van der Waals surface area (Å²) in [5, 5.41) is 20.7.